The van der Waals surface area contributed by atoms with Gasteiger partial charge in [0.15, 0.2) is 0 Å². The smallest absolute Gasteiger partial charge is 0.220 e. The van der Waals surface area contributed by atoms with Gasteiger partial charge < -0.3 is 10.1 Å². The number of fused-ring (bicyclic) bond motifs is 1. The van der Waals surface area contributed by atoms with Crippen LogP contribution in [0.2, 0.25) is 0 Å². The van der Waals surface area contributed by atoms with Crippen molar-refractivity contribution >= 4 is 16.8 Å². The molecule has 1 aromatic heterocycles. The van der Waals surface area contributed by atoms with E-state index < -0.39 is 0 Å². The number of amides is 1. The molecule has 0 saturated heterocycles. The highest BCUT2D eigenvalue weighted by Gasteiger charge is 2.03. The number of nitrogens with zero attached hydrogens (tertiary/aromatic N) is 2. The van der Waals surface area contributed by atoms with E-state index >= 15 is 0 Å². The van der Waals surface area contributed by atoms with Crippen LogP contribution in [-0.2, 0) is 17.8 Å². The van der Waals surface area contributed by atoms with Crippen LogP contribution in [0.5, 0.6) is 5.75 Å². The SMILES string of the molecule is N#CCCNC(=O)CCCCCc1cccc(OCc2ccc3ccccc3n2)c1. The van der Waals surface area contributed by atoms with Crippen LogP contribution in [0.1, 0.15) is 43.4 Å². The van der Waals surface area contributed by atoms with Crippen molar-refractivity contribution in [1.82, 2.24) is 10.3 Å². The van der Waals surface area contributed by atoms with Crippen LogP contribution in [0, 0.1) is 11.3 Å². The molecule has 0 atom stereocenters. The Kier molecular flexibility index (Phi) is 8.23. The standard InChI is InChI=1S/C25H27N3O2/c26-16-7-17-27-25(29)13-3-1-2-8-20-9-6-11-23(18-20)30-19-22-15-14-21-10-4-5-12-24(21)28-22/h4-6,9-12,14-15,18H,1-3,7-8,13,17,19H2,(H,27,29). The van der Waals surface area contributed by atoms with Gasteiger partial charge in [-0.1, -0.05) is 42.8 Å². The monoisotopic (exact) mass is 401 g/mol. The Morgan fingerprint density at radius 1 is 1.03 bits per heavy atom. The molecule has 2 aromatic carbocycles. The van der Waals surface area contributed by atoms with Crippen molar-refractivity contribution < 1.29 is 9.53 Å². The number of carbonyl (C=O) groups excluding carboxylic acids is 1. The lowest BCUT2D eigenvalue weighted by Gasteiger charge is -2.09. The van der Waals surface area contributed by atoms with E-state index in [0.717, 1.165) is 48.0 Å². The molecule has 1 N–H and O–H groups in total. The Bertz CT molecular complexity index is 1010. The molecule has 0 bridgehead atoms. The molecule has 5 nitrogen and oxygen atoms in total. The van der Waals surface area contributed by atoms with Crippen LogP contribution in [0.25, 0.3) is 10.9 Å². The van der Waals surface area contributed by atoms with E-state index in [4.69, 9.17) is 10.00 Å². The predicted octanol–water partition coefficient (Wildman–Crippen LogP) is 4.95. The number of para-hydroxylation sites is 1. The number of aromatic nitrogens is 1. The number of aryl methyl sites for hydroxylation is 1. The predicted molar refractivity (Wildman–Crippen MR) is 118 cm³/mol. The van der Waals surface area contributed by atoms with Gasteiger partial charge in [-0.25, -0.2) is 4.98 Å². The summed E-state index contributed by atoms with van der Waals surface area (Å²) in [6, 6.07) is 22.3. The molecule has 0 radical (unpaired) electrons. The molecule has 3 aromatic rings. The summed E-state index contributed by atoms with van der Waals surface area (Å²) in [7, 11) is 0. The topological polar surface area (TPSA) is 75.0 Å². The Balaban J connectivity index is 1.40. The van der Waals surface area contributed by atoms with E-state index in [2.05, 4.69) is 34.6 Å². The average molecular weight is 402 g/mol. The van der Waals surface area contributed by atoms with Gasteiger partial charge in [-0.2, -0.15) is 5.26 Å². The average Bonchev–Trinajstić information content (AvgIpc) is 2.78. The molecular weight excluding hydrogens is 374 g/mol. The maximum absolute atomic E-state index is 11.6. The molecule has 0 aliphatic heterocycles. The van der Waals surface area contributed by atoms with Gasteiger partial charge in [0.25, 0.3) is 0 Å². The summed E-state index contributed by atoms with van der Waals surface area (Å²) in [5.74, 6) is 0.877. The van der Waals surface area contributed by atoms with Crippen LogP contribution in [0.4, 0.5) is 0 Å². The number of hydrogen-bond acceptors (Lipinski definition) is 4. The van der Waals surface area contributed by atoms with Crippen molar-refractivity contribution in [3.8, 4) is 11.8 Å². The largest absolute Gasteiger partial charge is 0.487 e. The molecular formula is C25H27N3O2. The molecule has 1 heterocycles. The van der Waals surface area contributed by atoms with Crippen LogP contribution in [-0.4, -0.2) is 17.4 Å². The molecule has 0 fully saturated rings. The number of hydrogen-bond donors (Lipinski definition) is 1. The highest BCUT2D eigenvalue weighted by atomic mass is 16.5. The van der Waals surface area contributed by atoms with E-state index in [1.54, 1.807) is 0 Å². The summed E-state index contributed by atoms with van der Waals surface area (Å²) < 4.78 is 5.95. The maximum Gasteiger partial charge on any atom is 0.220 e. The fourth-order valence-electron chi connectivity index (χ4n) is 3.27. The second-order valence-corrected chi connectivity index (χ2v) is 7.25. The van der Waals surface area contributed by atoms with E-state index in [9.17, 15) is 4.79 Å². The third kappa shape index (κ3) is 6.89. The van der Waals surface area contributed by atoms with Crippen LogP contribution in [0.15, 0.2) is 60.7 Å². The number of pyridine rings is 1. The Morgan fingerprint density at radius 2 is 1.93 bits per heavy atom. The third-order valence-corrected chi connectivity index (χ3v) is 4.87. The van der Waals surface area contributed by atoms with Crippen LogP contribution < -0.4 is 10.1 Å². The summed E-state index contributed by atoms with van der Waals surface area (Å²) in [6.07, 6.45) is 4.73. The normalized spacial score (nSPS) is 10.5. The lowest BCUT2D eigenvalue weighted by Crippen LogP contribution is -2.23. The Hall–Kier alpha value is -3.39. The molecule has 154 valence electrons. The van der Waals surface area contributed by atoms with Crippen molar-refractivity contribution in [3.63, 3.8) is 0 Å². The lowest BCUT2D eigenvalue weighted by molar-refractivity contribution is -0.121. The third-order valence-electron chi connectivity index (χ3n) is 4.87. The zero-order chi connectivity index (χ0) is 21.0. The Labute approximate surface area is 177 Å². The minimum Gasteiger partial charge on any atom is -0.487 e. The van der Waals surface area contributed by atoms with E-state index in [1.165, 1.54) is 5.56 Å². The second-order valence-electron chi connectivity index (χ2n) is 7.25. The van der Waals surface area contributed by atoms with Crippen molar-refractivity contribution in [3.05, 3.63) is 71.9 Å². The molecule has 0 spiro atoms. The van der Waals surface area contributed by atoms with Gasteiger partial charge in [0, 0.05) is 18.4 Å². The van der Waals surface area contributed by atoms with E-state index in [1.807, 2.05) is 42.5 Å². The van der Waals surface area contributed by atoms with Gasteiger partial charge in [-0.05, 0) is 49.1 Å². The van der Waals surface area contributed by atoms with Gasteiger partial charge in [-0.3, -0.25) is 4.79 Å². The number of carbonyl (C=O) groups is 1. The minimum absolute atomic E-state index is 0.0305. The fraction of sp³-hybridized carbons (Fsp3) is 0.320. The van der Waals surface area contributed by atoms with E-state index in [-0.39, 0.29) is 5.91 Å². The molecule has 0 unspecified atom stereocenters. The van der Waals surface area contributed by atoms with Gasteiger partial charge in [0.1, 0.15) is 12.4 Å². The quantitative estimate of drug-likeness (QED) is 0.462. The number of ether oxygens (including phenoxy) is 1. The molecule has 30 heavy (non-hydrogen) atoms. The zero-order valence-corrected chi connectivity index (χ0v) is 17.1. The van der Waals surface area contributed by atoms with E-state index in [0.29, 0.717) is 26.0 Å². The second kappa shape index (κ2) is 11.6. The Morgan fingerprint density at radius 3 is 2.83 bits per heavy atom. The van der Waals surface area contributed by atoms with Gasteiger partial charge in [0.05, 0.1) is 23.7 Å². The molecule has 5 heteroatoms. The van der Waals surface area contributed by atoms with Crippen molar-refractivity contribution in [2.45, 2.75) is 45.1 Å². The van der Waals surface area contributed by atoms with Gasteiger partial charge >= 0.3 is 0 Å². The summed E-state index contributed by atoms with van der Waals surface area (Å²) >= 11 is 0. The maximum atomic E-state index is 11.6. The minimum atomic E-state index is 0.0305. The van der Waals surface area contributed by atoms with Crippen molar-refractivity contribution in [1.29, 1.82) is 5.26 Å². The molecule has 0 aliphatic rings. The molecule has 1 amide bonds. The van der Waals surface area contributed by atoms with Crippen molar-refractivity contribution in [2.24, 2.45) is 0 Å². The first-order valence-corrected chi connectivity index (χ1v) is 10.4. The number of nitriles is 1. The van der Waals surface area contributed by atoms with Gasteiger partial charge in [0.2, 0.25) is 5.91 Å². The first kappa shape index (κ1) is 21.3. The van der Waals surface area contributed by atoms with Crippen LogP contribution >= 0.6 is 0 Å². The fourth-order valence-corrected chi connectivity index (χ4v) is 3.27. The summed E-state index contributed by atoms with van der Waals surface area (Å²) in [4.78, 5) is 16.3. The summed E-state index contributed by atoms with van der Waals surface area (Å²) in [6.45, 7) is 0.881. The molecule has 3 rings (SSSR count). The summed E-state index contributed by atoms with van der Waals surface area (Å²) in [5.41, 5.74) is 3.12. The number of benzene rings is 2. The highest BCUT2D eigenvalue weighted by molar-refractivity contribution is 5.78. The number of rotatable bonds is 11. The number of nitrogens with one attached hydrogen (secondary N) is 1. The first-order valence-electron chi connectivity index (χ1n) is 10.4. The summed E-state index contributed by atoms with van der Waals surface area (Å²) in [5, 5.41) is 12.4. The lowest BCUT2D eigenvalue weighted by atomic mass is 10.1. The van der Waals surface area contributed by atoms with Crippen molar-refractivity contribution in [2.75, 3.05) is 6.54 Å². The first-order chi connectivity index (χ1) is 14.7. The molecule has 0 saturated carbocycles. The zero-order valence-electron chi connectivity index (χ0n) is 17.1. The molecule has 0 aliphatic carbocycles. The van der Waals surface area contributed by atoms with Crippen LogP contribution in [0.3, 0.4) is 0 Å². The van der Waals surface area contributed by atoms with Gasteiger partial charge in [-0.15, -0.1) is 0 Å². The number of unbranched alkanes of at least 4 members (excludes halogenated alkanes) is 2. The highest BCUT2D eigenvalue weighted by Crippen LogP contribution is 2.18.